The van der Waals surface area contributed by atoms with E-state index in [2.05, 4.69) is 55.3 Å². The van der Waals surface area contributed by atoms with Crippen molar-refractivity contribution in [3.8, 4) is 0 Å². The zero-order valence-corrected chi connectivity index (χ0v) is 10.9. The van der Waals surface area contributed by atoms with Crippen molar-refractivity contribution >= 4 is 10.9 Å². The summed E-state index contributed by atoms with van der Waals surface area (Å²) < 4.78 is 0. The Bertz CT molecular complexity index is 518. The quantitative estimate of drug-likeness (QED) is 0.869. The number of nitrogens with one attached hydrogen (secondary N) is 1. The van der Waals surface area contributed by atoms with Crippen LogP contribution in [0.2, 0.25) is 0 Å². The Hall–Kier alpha value is -1.41. The first-order chi connectivity index (χ1) is 8.26. The Balaban J connectivity index is 2.59. The molecule has 0 aliphatic heterocycles. The second-order valence-electron chi connectivity index (χ2n) is 4.37. The van der Waals surface area contributed by atoms with Crippen molar-refractivity contribution in [1.29, 1.82) is 0 Å². The van der Waals surface area contributed by atoms with Crippen LogP contribution in [0.15, 0.2) is 24.3 Å². The molecule has 1 heterocycles. The summed E-state index contributed by atoms with van der Waals surface area (Å²) in [6.45, 7) is 8.30. The van der Waals surface area contributed by atoms with E-state index in [4.69, 9.17) is 0 Å². The van der Waals surface area contributed by atoms with E-state index in [9.17, 15) is 0 Å². The molecule has 0 atom stereocenters. The van der Waals surface area contributed by atoms with Gasteiger partial charge in [-0.15, -0.1) is 0 Å². The zero-order chi connectivity index (χ0) is 12.3. The maximum atomic E-state index is 4.69. The number of benzene rings is 1. The molecule has 0 amide bonds. The minimum Gasteiger partial charge on any atom is -0.313 e. The number of pyridine rings is 1. The van der Waals surface area contributed by atoms with Gasteiger partial charge in [-0.2, -0.15) is 0 Å². The highest BCUT2D eigenvalue weighted by Gasteiger charge is 2.06. The molecule has 0 saturated heterocycles. The van der Waals surface area contributed by atoms with Crippen molar-refractivity contribution < 1.29 is 0 Å². The van der Waals surface area contributed by atoms with Gasteiger partial charge in [0.05, 0.1) is 5.52 Å². The first kappa shape index (κ1) is 12.1. The van der Waals surface area contributed by atoms with Crippen LogP contribution in [0, 0.1) is 6.92 Å². The maximum Gasteiger partial charge on any atom is 0.0740 e. The van der Waals surface area contributed by atoms with E-state index in [1.807, 2.05) is 0 Å². The predicted octanol–water partition coefficient (Wildman–Crippen LogP) is 3.22. The second-order valence-corrected chi connectivity index (χ2v) is 4.37. The first-order valence-electron chi connectivity index (χ1n) is 6.35. The molecule has 0 bridgehead atoms. The summed E-state index contributed by atoms with van der Waals surface area (Å²) in [5.74, 6) is 0. The second kappa shape index (κ2) is 5.28. The van der Waals surface area contributed by atoms with Crippen LogP contribution in [0.3, 0.4) is 0 Å². The summed E-state index contributed by atoms with van der Waals surface area (Å²) in [5.41, 5.74) is 4.96. The van der Waals surface area contributed by atoms with Crippen LogP contribution < -0.4 is 5.32 Å². The van der Waals surface area contributed by atoms with Crippen molar-refractivity contribution in [2.75, 3.05) is 6.54 Å². The van der Waals surface area contributed by atoms with Gasteiger partial charge in [-0.1, -0.05) is 32.0 Å². The molecule has 2 rings (SSSR count). The molecule has 0 aliphatic rings. The van der Waals surface area contributed by atoms with Gasteiger partial charge in [0.2, 0.25) is 0 Å². The molecule has 1 aromatic carbocycles. The molecule has 2 aromatic rings. The lowest BCUT2D eigenvalue weighted by atomic mass is 10.0. The fraction of sp³-hybridized carbons (Fsp3) is 0.400. The molecule has 2 nitrogen and oxygen atoms in total. The van der Waals surface area contributed by atoms with Crippen LogP contribution in [-0.4, -0.2) is 11.5 Å². The number of fused-ring (bicyclic) bond motifs is 1. The summed E-state index contributed by atoms with van der Waals surface area (Å²) in [6.07, 6.45) is 1.04. The number of para-hydroxylation sites is 1. The molecule has 1 aromatic heterocycles. The van der Waals surface area contributed by atoms with Crippen molar-refractivity contribution in [1.82, 2.24) is 10.3 Å². The number of hydrogen-bond donors (Lipinski definition) is 1. The van der Waals surface area contributed by atoms with Crippen LogP contribution in [0.4, 0.5) is 0 Å². The van der Waals surface area contributed by atoms with Crippen LogP contribution >= 0.6 is 0 Å². The minimum absolute atomic E-state index is 0.920. The molecular weight excluding hydrogens is 208 g/mol. The average Bonchev–Trinajstić information content (AvgIpc) is 2.35. The van der Waals surface area contributed by atoms with Gasteiger partial charge in [-0.05, 0) is 37.1 Å². The highest BCUT2D eigenvalue weighted by molar-refractivity contribution is 5.85. The third kappa shape index (κ3) is 2.47. The third-order valence-corrected chi connectivity index (χ3v) is 3.08. The Morgan fingerprint density at radius 2 is 2.00 bits per heavy atom. The molecule has 17 heavy (non-hydrogen) atoms. The van der Waals surface area contributed by atoms with Crippen molar-refractivity contribution in [3.05, 3.63) is 41.1 Å². The minimum atomic E-state index is 0.920. The van der Waals surface area contributed by atoms with Crippen LogP contribution in [0.1, 0.15) is 30.7 Å². The molecule has 0 aliphatic carbocycles. The number of nitrogens with zero attached hydrogens (tertiary/aromatic N) is 1. The number of hydrogen-bond acceptors (Lipinski definition) is 2. The molecular formula is C15H20N2. The largest absolute Gasteiger partial charge is 0.313 e. The van der Waals surface area contributed by atoms with Crippen LogP contribution in [0.5, 0.6) is 0 Å². The Labute approximate surface area is 103 Å². The summed E-state index contributed by atoms with van der Waals surface area (Å²) in [6, 6.07) is 8.66. The van der Waals surface area contributed by atoms with Crippen LogP contribution in [0.25, 0.3) is 10.9 Å². The van der Waals surface area contributed by atoms with Gasteiger partial charge in [-0.25, -0.2) is 0 Å². The molecule has 1 N–H and O–H groups in total. The molecule has 0 radical (unpaired) electrons. The molecule has 90 valence electrons. The molecule has 0 saturated carbocycles. The fourth-order valence-electron chi connectivity index (χ4n) is 2.21. The normalized spacial score (nSPS) is 11.0. The maximum absolute atomic E-state index is 4.69. The van der Waals surface area contributed by atoms with Gasteiger partial charge in [0.25, 0.3) is 0 Å². The van der Waals surface area contributed by atoms with E-state index in [-0.39, 0.29) is 0 Å². The van der Waals surface area contributed by atoms with E-state index in [0.29, 0.717) is 0 Å². The molecule has 2 heteroatoms. The number of aromatic nitrogens is 1. The SMILES string of the molecule is CCNCc1cc(C)nc2c(CC)cccc12. The van der Waals surface area contributed by atoms with E-state index < -0.39 is 0 Å². The van der Waals surface area contributed by atoms with Gasteiger partial charge in [-0.3, -0.25) is 4.98 Å². The lowest BCUT2D eigenvalue weighted by Crippen LogP contribution is -2.12. The monoisotopic (exact) mass is 228 g/mol. The van der Waals surface area contributed by atoms with Crippen molar-refractivity contribution in [3.63, 3.8) is 0 Å². The van der Waals surface area contributed by atoms with E-state index in [1.165, 1.54) is 22.0 Å². The first-order valence-corrected chi connectivity index (χ1v) is 6.35. The van der Waals surface area contributed by atoms with Gasteiger partial charge in [0.15, 0.2) is 0 Å². The zero-order valence-electron chi connectivity index (χ0n) is 10.9. The van der Waals surface area contributed by atoms with E-state index in [1.54, 1.807) is 0 Å². The average molecular weight is 228 g/mol. The van der Waals surface area contributed by atoms with Gasteiger partial charge in [0.1, 0.15) is 0 Å². The summed E-state index contributed by atoms with van der Waals surface area (Å²) in [4.78, 5) is 4.69. The lowest BCUT2D eigenvalue weighted by Gasteiger charge is -2.10. The van der Waals surface area contributed by atoms with E-state index >= 15 is 0 Å². The van der Waals surface area contributed by atoms with E-state index in [0.717, 1.165) is 25.2 Å². The van der Waals surface area contributed by atoms with Gasteiger partial charge in [0, 0.05) is 17.6 Å². The van der Waals surface area contributed by atoms with Crippen molar-refractivity contribution in [2.24, 2.45) is 0 Å². The molecule has 0 fully saturated rings. The topological polar surface area (TPSA) is 24.9 Å². The summed E-state index contributed by atoms with van der Waals surface area (Å²) in [7, 11) is 0. The highest BCUT2D eigenvalue weighted by Crippen LogP contribution is 2.22. The smallest absolute Gasteiger partial charge is 0.0740 e. The summed E-state index contributed by atoms with van der Waals surface area (Å²) in [5, 5.41) is 4.68. The van der Waals surface area contributed by atoms with Gasteiger partial charge < -0.3 is 5.32 Å². The van der Waals surface area contributed by atoms with Gasteiger partial charge >= 0.3 is 0 Å². The Morgan fingerprint density at radius 1 is 1.18 bits per heavy atom. The third-order valence-electron chi connectivity index (χ3n) is 3.08. The Morgan fingerprint density at radius 3 is 2.71 bits per heavy atom. The fourth-order valence-corrected chi connectivity index (χ4v) is 2.21. The molecule has 0 spiro atoms. The number of aryl methyl sites for hydroxylation is 2. The number of rotatable bonds is 4. The standard InChI is InChI=1S/C15H20N2/c1-4-12-7-6-8-14-13(10-16-5-2)9-11(3)17-15(12)14/h6-9,16H,4-5,10H2,1-3H3. The Kier molecular flexibility index (Phi) is 3.75. The highest BCUT2D eigenvalue weighted by atomic mass is 14.8. The predicted molar refractivity (Wildman–Crippen MR) is 73.2 cm³/mol. The lowest BCUT2D eigenvalue weighted by molar-refractivity contribution is 0.729. The summed E-state index contributed by atoms with van der Waals surface area (Å²) >= 11 is 0. The van der Waals surface area contributed by atoms with Crippen LogP contribution in [-0.2, 0) is 13.0 Å². The molecule has 0 unspecified atom stereocenters. The van der Waals surface area contributed by atoms with Crippen molar-refractivity contribution in [2.45, 2.75) is 33.7 Å².